The van der Waals surface area contributed by atoms with Crippen LogP contribution in [0, 0.1) is 17.8 Å². The number of carbonyl (C=O) groups excluding carboxylic acids is 3. The molecule has 2 fully saturated rings. The van der Waals surface area contributed by atoms with Gasteiger partial charge in [0.15, 0.2) is 0 Å². The lowest BCUT2D eigenvalue weighted by atomic mass is 9.84. The van der Waals surface area contributed by atoms with Crippen molar-refractivity contribution in [1.82, 2.24) is 15.2 Å². The molecule has 11 heteroatoms. The number of nitrogens with zero attached hydrogens (tertiary/aromatic N) is 3. The predicted octanol–water partition coefficient (Wildman–Crippen LogP) is 4.12. The second-order valence-corrected chi connectivity index (χ2v) is 13.5. The largest absolute Gasteiger partial charge is 0.496 e. The molecule has 0 bridgehead atoms. The van der Waals surface area contributed by atoms with E-state index >= 15 is 0 Å². The van der Waals surface area contributed by atoms with Crippen LogP contribution < -0.4 is 15.0 Å². The number of rotatable bonds is 12. The summed E-state index contributed by atoms with van der Waals surface area (Å²) in [7, 11) is 1.58. The summed E-state index contributed by atoms with van der Waals surface area (Å²) in [6, 6.07) is 1.39. The van der Waals surface area contributed by atoms with Crippen LogP contribution in [-0.2, 0) is 19.1 Å². The van der Waals surface area contributed by atoms with Crippen LogP contribution in [0.2, 0.25) is 0 Å². The van der Waals surface area contributed by atoms with Gasteiger partial charge in [0.2, 0.25) is 11.8 Å². The zero-order chi connectivity index (χ0) is 32.1. The molecule has 1 aliphatic carbocycles. The maximum absolute atomic E-state index is 14.3. The molecular weight excluding hydrogens is 552 g/mol. The highest BCUT2D eigenvalue weighted by Gasteiger charge is 2.49. The normalized spacial score (nSPS) is 21.5. The number of nitrogens with one attached hydrogen (secondary N) is 1. The van der Waals surface area contributed by atoms with Crippen LogP contribution in [0.1, 0.15) is 86.1 Å². The van der Waals surface area contributed by atoms with Crippen LogP contribution in [0.3, 0.4) is 0 Å². The van der Waals surface area contributed by atoms with Crippen LogP contribution in [-0.4, -0.2) is 90.1 Å². The van der Waals surface area contributed by atoms with Crippen molar-refractivity contribution < 1.29 is 33.7 Å². The van der Waals surface area contributed by atoms with Gasteiger partial charge in [-0.05, 0) is 58.8 Å². The number of ether oxygens (including phenoxy) is 3. The number of aliphatic hydroxyl groups excluding tert-OH is 1. The molecule has 0 radical (unpaired) electrons. The lowest BCUT2D eigenvalue weighted by Crippen LogP contribution is -2.61. The number of hydrogen-bond acceptors (Lipinski definition) is 8. The molecule has 2 N–H and O–H groups in total. The second-order valence-electron chi connectivity index (χ2n) is 13.5. The highest BCUT2D eigenvalue weighted by atomic mass is 16.6. The smallest absolute Gasteiger partial charge is 0.410 e. The third kappa shape index (κ3) is 9.28. The fourth-order valence-corrected chi connectivity index (χ4v) is 5.46. The van der Waals surface area contributed by atoms with Crippen LogP contribution in [0.4, 0.5) is 10.6 Å². The minimum absolute atomic E-state index is 0.0761. The summed E-state index contributed by atoms with van der Waals surface area (Å²) in [5.74, 6) is -1.40. The highest BCUT2D eigenvalue weighted by molar-refractivity contribution is 5.97. The van der Waals surface area contributed by atoms with Gasteiger partial charge in [-0.3, -0.25) is 14.5 Å². The number of pyridine rings is 1. The molecule has 1 aromatic heterocycles. The Morgan fingerprint density at radius 2 is 1.79 bits per heavy atom. The summed E-state index contributed by atoms with van der Waals surface area (Å²) in [5.41, 5.74) is 0.145. The molecule has 4 atom stereocenters. The van der Waals surface area contributed by atoms with Crippen LogP contribution in [0.25, 0.3) is 0 Å². The molecule has 0 unspecified atom stereocenters. The first-order valence-corrected chi connectivity index (χ1v) is 15.6. The van der Waals surface area contributed by atoms with Crippen LogP contribution in [0.15, 0.2) is 12.3 Å². The number of aliphatic hydroxyl groups is 1. The number of hydrogen-bond donors (Lipinski definition) is 2. The molecule has 242 valence electrons. The first kappa shape index (κ1) is 34.6. The van der Waals surface area contributed by atoms with Crippen molar-refractivity contribution in [2.75, 3.05) is 38.3 Å². The SMILES string of the molecule is CCOC[C@@H](CC(C)C)NC(=O)[C@@H]1CN(C(=O)OC(C)(C)C)C[C@H](C(=O)N(c2cc(OC)c(C(C)C)cn2)C2CC2)[C@@H]1O. The van der Waals surface area contributed by atoms with Crippen molar-refractivity contribution in [3.05, 3.63) is 17.8 Å². The topological polar surface area (TPSA) is 131 Å². The van der Waals surface area contributed by atoms with E-state index in [1.165, 1.54) is 4.90 Å². The molecule has 43 heavy (non-hydrogen) atoms. The van der Waals surface area contributed by atoms with E-state index in [2.05, 4.69) is 24.1 Å². The number of carbonyl (C=O) groups is 3. The van der Waals surface area contributed by atoms with E-state index in [1.807, 2.05) is 20.8 Å². The van der Waals surface area contributed by atoms with Crippen LogP contribution >= 0.6 is 0 Å². The molecule has 1 saturated carbocycles. The second kappa shape index (κ2) is 14.7. The maximum Gasteiger partial charge on any atom is 0.410 e. The van der Waals surface area contributed by atoms with Gasteiger partial charge in [0, 0.05) is 43.6 Å². The molecule has 11 nitrogen and oxygen atoms in total. The summed E-state index contributed by atoms with van der Waals surface area (Å²) >= 11 is 0. The monoisotopic (exact) mass is 604 g/mol. The third-order valence-electron chi connectivity index (χ3n) is 7.71. The van der Waals surface area contributed by atoms with Crippen molar-refractivity contribution in [1.29, 1.82) is 0 Å². The highest BCUT2D eigenvalue weighted by Crippen LogP contribution is 2.37. The predicted molar refractivity (Wildman–Crippen MR) is 164 cm³/mol. The van der Waals surface area contributed by atoms with Gasteiger partial charge in [0.05, 0.1) is 37.7 Å². The Morgan fingerprint density at radius 1 is 1.14 bits per heavy atom. The molecule has 1 aliphatic heterocycles. The Balaban J connectivity index is 1.95. The quantitative estimate of drug-likeness (QED) is 0.365. The lowest BCUT2D eigenvalue weighted by molar-refractivity contribution is -0.141. The Morgan fingerprint density at radius 3 is 2.33 bits per heavy atom. The molecule has 3 rings (SSSR count). The number of methoxy groups -OCH3 is 1. The fraction of sp³-hybridized carbons (Fsp3) is 0.750. The van der Waals surface area contributed by atoms with E-state index in [0.717, 1.165) is 18.4 Å². The first-order valence-electron chi connectivity index (χ1n) is 15.6. The van der Waals surface area contributed by atoms with Crippen molar-refractivity contribution in [3.8, 4) is 5.75 Å². The third-order valence-corrected chi connectivity index (χ3v) is 7.71. The number of piperidine rings is 1. The molecule has 0 aromatic carbocycles. The van der Waals surface area contributed by atoms with E-state index < -0.39 is 35.5 Å². The molecule has 1 saturated heterocycles. The maximum atomic E-state index is 14.3. The minimum atomic E-state index is -1.32. The zero-order valence-corrected chi connectivity index (χ0v) is 27.4. The summed E-state index contributed by atoms with van der Waals surface area (Å²) < 4.78 is 16.8. The zero-order valence-electron chi connectivity index (χ0n) is 27.4. The lowest BCUT2D eigenvalue weighted by Gasteiger charge is -2.42. The standard InChI is InChI=1S/C32H52N4O7/c1-10-42-18-21(13-19(2)3)34-29(38)24-16-35(31(40)43-32(6,7)8)17-25(28(24)37)30(39)36(22-11-12-22)27-14-26(41-9)23(15-33-27)20(4)5/h14-15,19-22,24-25,28,37H,10-13,16-18H2,1-9H3,(H,34,38)/t21-,24-,25+,28-/m1/s1. The molecule has 2 aliphatic rings. The Hall–Kier alpha value is -2.92. The van der Waals surface area contributed by atoms with Gasteiger partial charge in [0.1, 0.15) is 17.2 Å². The van der Waals surface area contributed by atoms with Gasteiger partial charge in [-0.1, -0.05) is 27.7 Å². The van der Waals surface area contributed by atoms with Crippen molar-refractivity contribution in [2.24, 2.45) is 17.8 Å². The van der Waals surface area contributed by atoms with Gasteiger partial charge < -0.3 is 29.5 Å². The number of aromatic nitrogens is 1. The minimum Gasteiger partial charge on any atom is -0.496 e. The van der Waals surface area contributed by atoms with Gasteiger partial charge in [-0.2, -0.15) is 0 Å². The Kier molecular flexibility index (Phi) is 11.8. The first-order chi connectivity index (χ1) is 20.2. The fourth-order valence-electron chi connectivity index (χ4n) is 5.46. The number of amides is 3. The molecule has 0 spiro atoms. The number of anilines is 1. The van der Waals surface area contributed by atoms with Crippen LogP contribution in [0.5, 0.6) is 5.75 Å². The van der Waals surface area contributed by atoms with E-state index in [-0.39, 0.29) is 37.0 Å². The van der Waals surface area contributed by atoms with Gasteiger partial charge in [0.25, 0.3) is 0 Å². The molecule has 3 amide bonds. The van der Waals surface area contributed by atoms with Gasteiger partial charge >= 0.3 is 6.09 Å². The van der Waals surface area contributed by atoms with Gasteiger partial charge in [-0.15, -0.1) is 0 Å². The number of likely N-dealkylation sites (tertiary alicyclic amines) is 1. The summed E-state index contributed by atoms with van der Waals surface area (Å²) in [6.07, 6.45) is 2.02. The van der Waals surface area contributed by atoms with E-state index in [4.69, 9.17) is 14.2 Å². The average molecular weight is 605 g/mol. The van der Waals surface area contributed by atoms with Gasteiger partial charge in [-0.25, -0.2) is 9.78 Å². The van der Waals surface area contributed by atoms with Crippen molar-refractivity contribution in [2.45, 2.75) is 104 Å². The Labute approximate surface area is 256 Å². The van der Waals surface area contributed by atoms with E-state index in [0.29, 0.717) is 37.1 Å². The van der Waals surface area contributed by atoms with Crippen molar-refractivity contribution in [3.63, 3.8) is 0 Å². The van der Waals surface area contributed by atoms with Crippen molar-refractivity contribution >= 4 is 23.7 Å². The average Bonchev–Trinajstić information content (AvgIpc) is 3.75. The molecule has 2 heterocycles. The molecular formula is C32H52N4O7. The Bertz CT molecular complexity index is 1120. The molecule has 1 aromatic rings. The summed E-state index contributed by atoms with van der Waals surface area (Å²) in [5, 5.41) is 14.6. The van der Waals surface area contributed by atoms with E-state index in [9.17, 15) is 19.5 Å². The van der Waals surface area contributed by atoms with E-state index in [1.54, 1.807) is 45.0 Å². The summed E-state index contributed by atoms with van der Waals surface area (Å²) in [6.45, 7) is 16.0. The summed E-state index contributed by atoms with van der Waals surface area (Å²) in [4.78, 5) is 48.8.